The van der Waals surface area contributed by atoms with Crippen molar-refractivity contribution in [1.29, 1.82) is 0 Å². The molecule has 0 radical (unpaired) electrons. The van der Waals surface area contributed by atoms with Gasteiger partial charge in [-0.1, -0.05) is 18.2 Å². The van der Waals surface area contributed by atoms with Gasteiger partial charge in [-0.25, -0.2) is 0 Å². The van der Waals surface area contributed by atoms with E-state index in [-0.39, 0.29) is 12.5 Å². The van der Waals surface area contributed by atoms with E-state index in [9.17, 15) is 9.59 Å². The molecule has 0 aliphatic heterocycles. The first-order chi connectivity index (χ1) is 11.1. The molecule has 5 nitrogen and oxygen atoms in total. The van der Waals surface area contributed by atoms with Crippen molar-refractivity contribution in [3.05, 3.63) is 52.0 Å². The van der Waals surface area contributed by atoms with E-state index in [0.717, 1.165) is 11.3 Å². The number of amides is 1. The molecule has 0 aliphatic rings. The third-order valence-corrected chi connectivity index (χ3v) is 4.02. The fraction of sp³-hybridized carbons (Fsp3) is 0.176. The maximum Gasteiger partial charge on any atom is 0.262 e. The number of carbonyl (C=O) groups is 2. The first-order valence-corrected chi connectivity index (χ1v) is 7.66. The fourth-order valence-corrected chi connectivity index (χ4v) is 2.51. The van der Waals surface area contributed by atoms with Gasteiger partial charge in [0.1, 0.15) is 0 Å². The second kappa shape index (κ2) is 7.78. The zero-order chi connectivity index (χ0) is 16.8. The van der Waals surface area contributed by atoms with Crippen LogP contribution in [-0.2, 0) is 4.79 Å². The number of anilines is 1. The minimum absolute atomic E-state index is 0.203. The SMILES string of the molecule is COc1ccc(C=O)c(Br)c1OCC(=O)Nc1ccccc1C. The maximum absolute atomic E-state index is 12.0. The molecule has 0 spiro atoms. The molecule has 120 valence electrons. The summed E-state index contributed by atoms with van der Waals surface area (Å²) in [7, 11) is 1.49. The number of nitrogens with one attached hydrogen (secondary N) is 1. The van der Waals surface area contributed by atoms with Gasteiger partial charge in [0.05, 0.1) is 11.6 Å². The van der Waals surface area contributed by atoms with Gasteiger partial charge in [-0.3, -0.25) is 9.59 Å². The van der Waals surface area contributed by atoms with Crippen LogP contribution in [0.4, 0.5) is 5.69 Å². The molecule has 1 N–H and O–H groups in total. The molecule has 0 aliphatic carbocycles. The van der Waals surface area contributed by atoms with E-state index in [0.29, 0.717) is 27.8 Å². The highest BCUT2D eigenvalue weighted by molar-refractivity contribution is 9.10. The molecule has 0 heterocycles. The Morgan fingerprint density at radius 1 is 1.26 bits per heavy atom. The molecule has 0 fully saturated rings. The van der Waals surface area contributed by atoms with Crippen molar-refractivity contribution in [1.82, 2.24) is 0 Å². The van der Waals surface area contributed by atoms with Gasteiger partial charge in [0.25, 0.3) is 5.91 Å². The van der Waals surface area contributed by atoms with Gasteiger partial charge in [-0.2, -0.15) is 0 Å². The molecule has 0 bridgehead atoms. The molecule has 0 saturated heterocycles. The molecule has 0 unspecified atom stereocenters. The number of rotatable bonds is 6. The normalized spacial score (nSPS) is 10.0. The van der Waals surface area contributed by atoms with Gasteiger partial charge < -0.3 is 14.8 Å². The third-order valence-electron chi connectivity index (χ3n) is 3.20. The number of hydrogen-bond donors (Lipinski definition) is 1. The van der Waals surface area contributed by atoms with Gasteiger partial charge >= 0.3 is 0 Å². The quantitative estimate of drug-likeness (QED) is 0.781. The highest BCUT2D eigenvalue weighted by Crippen LogP contribution is 2.37. The summed E-state index contributed by atoms with van der Waals surface area (Å²) in [6.07, 6.45) is 0.698. The number of aryl methyl sites for hydroxylation is 1. The van der Waals surface area contributed by atoms with Crippen LogP contribution in [0.1, 0.15) is 15.9 Å². The van der Waals surface area contributed by atoms with Crippen molar-refractivity contribution in [2.75, 3.05) is 19.0 Å². The summed E-state index contributed by atoms with van der Waals surface area (Å²) >= 11 is 3.29. The summed E-state index contributed by atoms with van der Waals surface area (Å²) in [6.45, 7) is 1.70. The Morgan fingerprint density at radius 3 is 2.65 bits per heavy atom. The van der Waals surface area contributed by atoms with Gasteiger partial charge in [0.15, 0.2) is 24.4 Å². The average molecular weight is 378 g/mol. The summed E-state index contributed by atoms with van der Waals surface area (Å²) in [5.74, 6) is 0.452. The minimum atomic E-state index is -0.301. The smallest absolute Gasteiger partial charge is 0.262 e. The van der Waals surface area contributed by atoms with Crippen LogP contribution in [0, 0.1) is 6.92 Å². The monoisotopic (exact) mass is 377 g/mol. The number of aldehydes is 1. The molecule has 6 heteroatoms. The summed E-state index contributed by atoms with van der Waals surface area (Å²) in [6, 6.07) is 10.7. The predicted molar refractivity (Wildman–Crippen MR) is 91.4 cm³/mol. The molecule has 0 saturated carbocycles. The number of carbonyl (C=O) groups excluding carboxylic acids is 2. The van der Waals surface area contributed by atoms with E-state index < -0.39 is 0 Å². The average Bonchev–Trinajstić information content (AvgIpc) is 2.55. The fourth-order valence-electron chi connectivity index (χ4n) is 1.98. The summed E-state index contributed by atoms with van der Waals surface area (Å²) in [4.78, 5) is 23.0. The van der Waals surface area contributed by atoms with Crippen LogP contribution in [0.25, 0.3) is 0 Å². The second-order valence-electron chi connectivity index (χ2n) is 4.77. The number of methoxy groups -OCH3 is 1. The predicted octanol–water partition coefficient (Wildman–Crippen LogP) is 3.60. The van der Waals surface area contributed by atoms with Crippen molar-refractivity contribution in [3.63, 3.8) is 0 Å². The number of hydrogen-bond acceptors (Lipinski definition) is 4. The third kappa shape index (κ3) is 4.10. The lowest BCUT2D eigenvalue weighted by atomic mass is 10.2. The molecule has 2 aromatic carbocycles. The summed E-state index contributed by atoms with van der Waals surface area (Å²) in [5, 5.41) is 2.78. The lowest BCUT2D eigenvalue weighted by molar-refractivity contribution is -0.118. The van der Waals surface area contributed by atoms with Crippen LogP contribution in [-0.4, -0.2) is 25.9 Å². The van der Waals surface area contributed by atoms with E-state index in [4.69, 9.17) is 9.47 Å². The Hall–Kier alpha value is -2.34. The molecule has 1 amide bonds. The topological polar surface area (TPSA) is 64.6 Å². The Balaban J connectivity index is 2.10. The molecule has 0 atom stereocenters. The molecule has 2 rings (SSSR count). The Kier molecular flexibility index (Phi) is 5.76. The van der Waals surface area contributed by atoms with Crippen molar-refractivity contribution in [2.24, 2.45) is 0 Å². The van der Waals surface area contributed by atoms with Crippen LogP contribution in [0.15, 0.2) is 40.9 Å². The van der Waals surface area contributed by atoms with Crippen molar-refractivity contribution < 1.29 is 19.1 Å². The van der Waals surface area contributed by atoms with Crippen LogP contribution < -0.4 is 14.8 Å². The van der Waals surface area contributed by atoms with Crippen molar-refractivity contribution in [2.45, 2.75) is 6.92 Å². The van der Waals surface area contributed by atoms with Crippen molar-refractivity contribution in [3.8, 4) is 11.5 Å². The number of halogens is 1. The van der Waals surface area contributed by atoms with Crippen molar-refractivity contribution >= 4 is 33.8 Å². The molecule has 23 heavy (non-hydrogen) atoms. The molecule has 0 aromatic heterocycles. The van der Waals surface area contributed by atoms with Crippen LogP contribution in [0.5, 0.6) is 11.5 Å². The number of ether oxygens (including phenoxy) is 2. The summed E-state index contributed by atoms with van der Waals surface area (Å²) in [5.41, 5.74) is 2.11. The van der Waals surface area contributed by atoms with Gasteiger partial charge in [0, 0.05) is 11.3 Å². The zero-order valence-corrected chi connectivity index (χ0v) is 14.3. The zero-order valence-electron chi connectivity index (χ0n) is 12.8. The van der Waals surface area contributed by atoms with Gasteiger partial charge in [-0.05, 0) is 46.6 Å². The largest absolute Gasteiger partial charge is 0.493 e. The van der Waals surface area contributed by atoms with Crippen LogP contribution in [0.3, 0.4) is 0 Å². The summed E-state index contributed by atoms with van der Waals surface area (Å²) < 4.78 is 11.2. The lowest BCUT2D eigenvalue weighted by Gasteiger charge is -2.14. The maximum atomic E-state index is 12.0. The number of para-hydroxylation sites is 1. The lowest BCUT2D eigenvalue weighted by Crippen LogP contribution is -2.21. The van der Waals surface area contributed by atoms with E-state index in [1.807, 2.05) is 31.2 Å². The van der Waals surface area contributed by atoms with Crippen LogP contribution in [0.2, 0.25) is 0 Å². The van der Waals surface area contributed by atoms with E-state index in [1.54, 1.807) is 12.1 Å². The van der Waals surface area contributed by atoms with Crippen LogP contribution >= 0.6 is 15.9 Å². The van der Waals surface area contributed by atoms with E-state index in [1.165, 1.54) is 7.11 Å². The second-order valence-corrected chi connectivity index (χ2v) is 5.56. The highest BCUT2D eigenvalue weighted by Gasteiger charge is 2.15. The Labute approximate surface area is 142 Å². The number of benzene rings is 2. The Morgan fingerprint density at radius 2 is 2.00 bits per heavy atom. The van der Waals surface area contributed by atoms with Gasteiger partial charge in [0.2, 0.25) is 0 Å². The first kappa shape index (κ1) is 17.0. The Bertz CT molecular complexity index is 731. The molecule has 2 aromatic rings. The van der Waals surface area contributed by atoms with Gasteiger partial charge in [-0.15, -0.1) is 0 Å². The molecular formula is C17H16BrNO4. The first-order valence-electron chi connectivity index (χ1n) is 6.86. The van der Waals surface area contributed by atoms with E-state index in [2.05, 4.69) is 21.2 Å². The standard InChI is InChI=1S/C17H16BrNO4/c1-11-5-3-4-6-13(11)19-15(21)10-23-17-14(22-2)8-7-12(9-20)16(17)18/h3-9H,10H2,1-2H3,(H,19,21). The molecular weight excluding hydrogens is 362 g/mol. The minimum Gasteiger partial charge on any atom is -0.493 e. The van der Waals surface area contributed by atoms with E-state index >= 15 is 0 Å². The highest BCUT2D eigenvalue weighted by atomic mass is 79.9.